The summed E-state index contributed by atoms with van der Waals surface area (Å²) in [5, 5.41) is 13.3. The monoisotopic (exact) mass is 479 g/mol. The topological polar surface area (TPSA) is 88.8 Å². The number of fused-ring (bicyclic) bond motifs is 1. The van der Waals surface area contributed by atoms with E-state index in [-0.39, 0.29) is 29.7 Å². The summed E-state index contributed by atoms with van der Waals surface area (Å²) in [5.74, 6) is -0.121. The third-order valence-electron chi connectivity index (χ3n) is 4.33. The SMILES string of the molecule is Cc1c(C[C@@H](C)O)c(=O)oc2cc(OCC(=O)Nc3ccc(Br)cc3)c(Cl)cc12. The van der Waals surface area contributed by atoms with Crippen LogP contribution in [0.5, 0.6) is 5.75 Å². The minimum atomic E-state index is -0.670. The molecule has 0 radical (unpaired) electrons. The van der Waals surface area contributed by atoms with E-state index in [2.05, 4.69) is 21.2 Å². The van der Waals surface area contributed by atoms with Crippen molar-refractivity contribution in [2.24, 2.45) is 0 Å². The van der Waals surface area contributed by atoms with E-state index in [1.165, 1.54) is 6.07 Å². The van der Waals surface area contributed by atoms with E-state index in [0.717, 1.165) is 4.47 Å². The van der Waals surface area contributed by atoms with E-state index in [9.17, 15) is 14.7 Å². The van der Waals surface area contributed by atoms with Gasteiger partial charge in [0.1, 0.15) is 11.3 Å². The lowest BCUT2D eigenvalue weighted by molar-refractivity contribution is -0.118. The van der Waals surface area contributed by atoms with Crippen LogP contribution in [-0.4, -0.2) is 23.7 Å². The average Bonchev–Trinajstić information content (AvgIpc) is 2.66. The van der Waals surface area contributed by atoms with Crippen molar-refractivity contribution in [1.29, 1.82) is 0 Å². The number of carbonyl (C=O) groups excluding carboxylic acids is 1. The van der Waals surface area contributed by atoms with Gasteiger partial charge in [-0.3, -0.25) is 4.79 Å². The predicted octanol–water partition coefficient (Wildman–Crippen LogP) is 4.46. The summed E-state index contributed by atoms with van der Waals surface area (Å²) in [7, 11) is 0. The van der Waals surface area contributed by atoms with Gasteiger partial charge in [-0.2, -0.15) is 0 Å². The Labute approximate surface area is 180 Å². The lowest BCUT2D eigenvalue weighted by Gasteiger charge is -2.12. The third-order valence-corrected chi connectivity index (χ3v) is 5.15. The van der Waals surface area contributed by atoms with Crippen LogP contribution in [0.2, 0.25) is 5.02 Å². The summed E-state index contributed by atoms with van der Waals surface area (Å²) in [6.45, 7) is 3.12. The van der Waals surface area contributed by atoms with Crippen molar-refractivity contribution >= 4 is 50.1 Å². The van der Waals surface area contributed by atoms with Crippen molar-refractivity contribution in [3.05, 3.63) is 67.4 Å². The zero-order chi connectivity index (χ0) is 21.1. The number of hydrogen-bond acceptors (Lipinski definition) is 5. The van der Waals surface area contributed by atoms with Crippen molar-refractivity contribution in [2.75, 3.05) is 11.9 Å². The fourth-order valence-corrected chi connectivity index (χ4v) is 3.39. The Balaban J connectivity index is 1.79. The summed E-state index contributed by atoms with van der Waals surface area (Å²) in [5.41, 5.74) is 1.52. The van der Waals surface area contributed by atoms with Gasteiger partial charge in [0.05, 0.1) is 11.1 Å². The number of rotatable bonds is 6. The summed E-state index contributed by atoms with van der Waals surface area (Å²) in [6, 6.07) is 10.3. The molecule has 1 atom stereocenters. The first-order chi connectivity index (χ1) is 13.7. The molecule has 2 N–H and O–H groups in total. The van der Waals surface area contributed by atoms with Gasteiger partial charge >= 0.3 is 5.63 Å². The highest BCUT2D eigenvalue weighted by Crippen LogP contribution is 2.32. The molecule has 1 heterocycles. The molecule has 152 valence electrons. The van der Waals surface area contributed by atoms with Gasteiger partial charge in [-0.05, 0) is 49.7 Å². The van der Waals surface area contributed by atoms with Crippen LogP contribution in [-0.2, 0) is 11.2 Å². The van der Waals surface area contributed by atoms with Gasteiger partial charge in [0.2, 0.25) is 0 Å². The molecule has 0 saturated carbocycles. The molecule has 0 bridgehead atoms. The highest BCUT2D eigenvalue weighted by molar-refractivity contribution is 9.10. The second kappa shape index (κ2) is 8.98. The second-order valence-electron chi connectivity index (χ2n) is 6.67. The van der Waals surface area contributed by atoms with E-state index in [1.54, 1.807) is 32.0 Å². The number of ether oxygens (including phenoxy) is 1. The van der Waals surface area contributed by atoms with Crippen LogP contribution in [0.1, 0.15) is 18.1 Å². The zero-order valence-electron chi connectivity index (χ0n) is 15.8. The first-order valence-corrected chi connectivity index (χ1v) is 10.0. The Hall–Kier alpha value is -2.35. The third kappa shape index (κ3) is 5.18. The summed E-state index contributed by atoms with van der Waals surface area (Å²) in [4.78, 5) is 24.4. The number of amides is 1. The highest BCUT2D eigenvalue weighted by atomic mass is 79.9. The van der Waals surface area contributed by atoms with Crippen molar-refractivity contribution in [3.63, 3.8) is 0 Å². The normalized spacial score (nSPS) is 12.0. The number of benzene rings is 2. The molecule has 0 aliphatic rings. The summed E-state index contributed by atoms with van der Waals surface area (Å²) >= 11 is 9.63. The summed E-state index contributed by atoms with van der Waals surface area (Å²) in [6.07, 6.45) is -0.479. The number of halogens is 2. The maximum absolute atomic E-state index is 12.3. The molecule has 0 saturated heterocycles. The Bertz CT molecular complexity index is 1110. The van der Waals surface area contributed by atoms with Crippen LogP contribution >= 0.6 is 27.5 Å². The zero-order valence-corrected chi connectivity index (χ0v) is 18.1. The van der Waals surface area contributed by atoms with Crippen molar-refractivity contribution in [2.45, 2.75) is 26.4 Å². The smallest absolute Gasteiger partial charge is 0.339 e. The van der Waals surface area contributed by atoms with Crippen LogP contribution in [0, 0.1) is 6.92 Å². The molecule has 0 spiro atoms. The number of aliphatic hydroxyl groups is 1. The van der Waals surface area contributed by atoms with Gasteiger partial charge in [-0.15, -0.1) is 0 Å². The fraction of sp³-hybridized carbons (Fsp3) is 0.238. The molecule has 0 aliphatic carbocycles. The maximum atomic E-state index is 12.3. The number of carbonyl (C=O) groups is 1. The summed E-state index contributed by atoms with van der Waals surface area (Å²) < 4.78 is 11.8. The van der Waals surface area contributed by atoms with Gasteiger partial charge < -0.3 is 19.6 Å². The van der Waals surface area contributed by atoms with Crippen LogP contribution < -0.4 is 15.7 Å². The van der Waals surface area contributed by atoms with Crippen LogP contribution in [0.15, 0.2) is 50.1 Å². The van der Waals surface area contributed by atoms with Gasteiger partial charge in [0, 0.05) is 33.6 Å². The maximum Gasteiger partial charge on any atom is 0.339 e. The number of anilines is 1. The number of aryl methyl sites for hydroxylation is 1. The highest BCUT2D eigenvalue weighted by Gasteiger charge is 2.16. The predicted molar refractivity (Wildman–Crippen MR) is 116 cm³/mol. The molecule has 0 aliphatic heterocycles. The van der Waals surface area contributed by atoms with E-state index < -0.39 is 11.7 Å². The first-order valence-electron chi connectivity index (χ1n) is 8.86. The second-order valence-corrected chi connectivity index (χ2v) is 7.99. The van der Waals surface area contributed by atoms with E-state index >= 15 is 0 Å². The lowest BCUT2D eigenvalue weighted by Crippen LogP contribution is -2.20. The molecule has 29 heavy (non-hydrogen) atoms. The molecule has 3 aromatic rings. The molecule has 8 heteroatoms. The van der Waals surface area contributed by atoms with Gasteiger partial charge in [0.15, 0.2) is 6.61 Å². The van der Waals surface area contributed by atoms with E-state index in [1.807, 2.05) is 12.1 Å². The number of aliphatic hydroxyl groups excluding tert-OH is 1. The molecule has 6 nitrogen and oxygen atoms in total. The molecule has 0 fully saturated rings. The Morgan fingerprint density at radius 3 is 2.66 bits per heavy atom. The molecular formula is C21H19BrClNO5. The van der Waals surface area contributed by atoms with Crippen molar-refractivity contribution in [1.82, 2.24) is 0 Å². The van der Waals surface area contributed by atoms with Gasteiger partial charge in [0.25, 0.3) is 5.91 Å². The quantitative estimate of drug-likeness (QED) is 0.509. The molecule has 0 unspecified atom stereocenters. The fourth-order valence-electron chi connectivity index (χ4n) is 2.91. The Morgan fingerprint density at radius 2 is 2.00 bits per heavy atom. The van der Waals surface area contributed by atoms with Crippen molar-refractivity contribution in [3.8, 4) is 5.75 Å². The number of hydrogen-bond donors (Lipinski definition) is 2. The molecule has 3 rings (SSSR count). The van der Waals surface area contributed by atoms with E-state index in [0.29, 0.717) is 27.8 Å². The van der Waals surface area contributed by atoms with Crippen LogP contribution in [0.25, 0.3) is 11.0 Å². The first kappa shape index (κ1) is 21.4. The van der Waals surface area contributed by atoms with Crippen LogP contribution in [0.3, 0.4) is 0 Å². The van der Waals surface area contributed by atoms with Crippen molar-refractivity contribution < 1.29 is 19.1 Å². The van der Waals surface area contributed by atoms with Gasteiger partial charge in [-0.25, -0.2) is 4.79 Å². The molecule has 2 aromatic carbocycles. The molecule has 1 amide bonds. The van der Waals surface area contributed by atoms with E-state index in [4.69, 9.17) is 20.8 Å². The standard InChI is InChI=1S/C21H19BrClNO5/c1-11(25)7-16-12(2)15-8-17(23)19(9-18(15)29-21(16)27)28-10-20(26)24-14-5-3-13(22)4-6-14/h3-6,8-9,11,25H,7,10H2,1-2H3,(H,24,26)/t11-/m1/s1. The largest absolute Gasteiger partial charge is 0.482 e. The minimum Gasteiger partial charge on any atom is -0.482 e. The lowest BCUT2D eigenvalue weighted by atomic mass is 10.0. The van der Waals surface area contributed by atoms with Gasteiger partial charge in [-0.1, -0.05) is 27.5 Å². The molecular weight excluding hydrogens is 462 g/mol. The molecule has 1 aromatic heterocycles. The number of nitrogens with one attached hydrogen (secondary N) is 1. The Kier molecular flexibility index (Phi) is 6.62. The average molecular weight is 481 g/mol. The van der Waals surface area contributed by atoms with Crippen LogP contribution in [0.4, 0.5) is 5.69 Å². The Morgan fingerprint density at radius 1 is 1.31 bits per heavy atom. The minimum absolute atomic E-state index is 0.191.